The second-order valence-electron chi connectivity index (χ2n) is 4.25. The zero-order valence-corrected chi connectivity index (χ0v) is 10.2. The molecule has 2 heteroatoms. The van der Waals surface area contributed by atoms with Gasteiger partial charge in [-0.05, 0) is 40.6 Å². The molecular weight excluding hydrogens is 234 g/mol. The minimum absolute atomic E-state index is 0.598. The van der Waals surface area contributed by atoms with E-state index < -0.39 is 0 Å². The number of furan rings is 1. The van der Waals surface area contributed by atoms with E-state index in [4.69, 9.17) is 4.42 Å². The lowest BCUT2D eigenvalue weighted by Crippen LogP contribution is -1.82. The van der Waals surface area contributed by atoms with Crippen LogP contribution in [0.5, 0.6) is 0 Å². The summed E-state index contributed by atoms with van der Waals surface area (Å²) in [5.41, 5.74) is 1.50. The molecule has 0 bridgehead atoms. The van der Waals surface area contributed by atoms with Crippen LogP contribution in [0.25, 0.3) is 22.4 Å². The van der Waals surface area contributed by atoms with Gasteiger partial charge in [-0.3, -0.25) is 0 Å². The third kappa shape index (κ3) is 2.27. The number of rotatable bonds is 2. The standard InChI is InChI=1S/C17H11NO/c18-12-16(11-17-6-3-9-19-17)15-8-7-13-4-1-2-5-14(13)10-15/h1-11H. The molecule has 0 radical (unpaired) electrons. The van der Waals surface area contributed by atoms with Gasteiger partial charge in [0, 0.05) is 0 Å². The van der Waals surface area contributed by atoms with Crippen molar-refractivity contribution in [1.82, 2.24) is 0 Å². The maximum Gasteiger partial charge on any atom is 0.127 e. The van der Waals surface area contributed by atoms with Crippen molar-refractivity contribution in [2.45, 2.75) is 0 Å². The highest BCUT2D eigenvalue weighted by molar-refractivity contribution is 5.93. The fraction of sp³-hybridized carbons (Fsp3) is 0. The van der Waals surface area contributed by atoms with Gasteiger partial charge in [0.25, 0.3) is 0 Å². The van der Waals surface area contributed by atoms with Crippen molar-refractivity contribution in [1.29, 1.82) is 5.26 Å². The number of benzene rings is 2. The molecule has 3 rings (SSSR count). The van der Waals surface area contributed by atoms with Crippen LogP contribution in [0.3, 0.4) is 0 Å². The van der Waals surface area contributed by atoms with Gasteiger partial charge in [0.15, 0.2) is 0 Å². The van der Waals surface area contributed by atoms with Gasteiger partial charge in [-0.25, -0.2) is 0 Å². The third-order valence-corrected chi connectivity index (χ3v) is 3.01. The molecule has 0 amide bonds. The summed E-state index contributed by atoms with van der Waals surface area (Å²) in [5, 5.41) is 11.6. The van der Waals surface area contributed by atoms with E-state index in [2.05, 4.69) is 12.1 Å². The first-order chi connectivity index (χ1) is 9.36. The number of hydrogen-bond acceptors (Lipinski definition) is 2. The molecule has 19 heavy (non-hydrogen) atoms. The van der Waals surface area contributed by atoms with Gasteiger partial charge in [0.2, 0.25) is 0 Å². The van der Waals surface area contributed by atoms with E-state index in [1.165, 1.54) is 5.39 Å². The van der Waals surface area contributed by atoms with Crippen LogP contribution in [0, 0.1) is 11.3 Å². The molecule has 90 valence electrons. The first-order valence-electron chi connectivity index (χ1n) is 6.01. The Bertz CT molecular complexity index is 776. The van der Waals surface area contributed by atoms with Crippen LogP contribution in [0.4, 0.5) is 0 Å². The Morgan fingerprint density at radius 1 is 1.00 bits per heavy atom. The average molecular weight is 245 g/mol. The summed E-state index contributed by atoms with van der Waals surface area (Å²) in [7, 11) is 0. The number of allylic oxidation sites excluding steroid dienone is 1. The summed E-state index contributed by atoms with van der Waals surface area (Å²) in [4.78, 5) is 0. The molecule has 0 saturated carbocycles. The van der Waals surface area contributed by atoms with Gasteiger partial charge in [0.1, 0.15) is 5.76 Å². The largest absolute Gasteiger partial charge is 0.465 e. The van der Waals surface area contributed by atoms with Gasteiger partial charge >= 0.3 is 0 Å². The van der Waals surface area contributed by atoms with Crippen molar-refractivity contribution >= 4 is 22.4 Å². The normalized spacial score (nSPS) is 11.4. The Balaban J connectivity index is 2.10. The molecule has 2 nitrogen and oxygen atoms in total. The van der Waals surface area contributed by atoms with Gasteiger partial charge in [0.05, 0.1) is 17.9 Å². The van der Waals surface area contributed by atoms with Crippen molar-refractivity contribution < 1.29 is 4.42 Å². The quantitative estimate of drug-likeness (QED) is 0.623. The number of fused-ring (bicyclic) bond motifs is 1. The molecule has 0 spiro atoms. The van der Waals surface area contributed by atoms with Crippen LogP contribution in [-0.2, 0) is 0 Å². The molecule has 0 unspecified atom stereocenters. The summed E-state index contributed by atoms with van der Waals surface area (Å²) in [6, 6.07) is 20.0. The van der Waals surface area contributed by atoms with E-state index in [1.807, 2.05) is 42.5 Å². The molecule has 1 heterocycles. The minimum Gasteiger partial charge on any atom is -0.465 e. The Morgan fingerprint density at radius 3 is 2.58 bits per heavy atom. The predicted octanol–water partition coefficient (Wildman–Crippen LogP) is 4.50. The lowest BCUT2D eigenvalue weighted by molar-refractivity contribution is 0.557. The lowest BCUT2D eigenvalue weighted by Gasteiger charge is -2.02. The van der Waals surface area contributed by atoms with Gasteiger partial charge in [-0.2, -0.15) is 5.26 Å². The molecule has 0 aliphatic rings. The monoisotopic (exact) mass is 245 g/mol. The van der Waals surface area contributed by atoms with Crippen molar-refractivity contribution in [2.24, 2.45) is 0 Å². The number of hydrogen-bond donors (Lipinski definition) is 0. The maximum atomic E-state index is 9.29. The average Bonchev–Trinajstić information content (AvgIpc) is 2.97. The van der Waals surface area contributed by atoms with Crippen molar-refractivity contribution in [3.05, 3.63) is 72.2 Å². The Morgan fingerprint density at radius 2 is 1.84 bits per heavy atom. The topological polar surface area (TPSA) is 36.9 Å². The zero-order valence-electron chi connectivity index (χ0n) is 10.2. The second-order valence-corrected chi connectivity index (χ2v) is 4.25. The van der Waals surface area contributed by atoms with E-state index in [9.17, 15) is 5.26 Å². The Labute approximate surface area is 111 Å². The molecule has 0 N–H and O–H groups in total. The first-order valence-corrected chi connectivity index (χ1v) is 6.01. The maximum absolute atomic E-state index is 9.29. The number of nitrogens with zero attached hydrogens (tertiary/aromatic N) is 1. The van der Waals surface area contributed by atoms with Crippen molar-refractivity contribution in [3.63, 3.8) is 0 Å². The molecule has 1 aromatic heterocycles. The fourth-order valence-corrected chi connectivity index (χ4v) is 2.05. The van der Waals surface area contributed by atoms with E-state index in [0.717, 1.165) is 10.9 Å². The summed E-state index contributed by atoms with van der Waals surface area (Å²) < 4.78 is 5.25. The second kappa shape index (κ2) is 4.83. The van der Waals surface area contributed by atoms with E-state index in [-0.39, 0.29) is 0 Å². The number of nitriles is 1. The van der Waals surface area contributed by atoms with Crippen LogP contribution < -0.4 is 0 Å². The minimum atomic E-state index is 0.598. The highest BCUT2D eigenvalue weighted by Gasteiger charge is 2.03. The van der Waals surface area contributed by atoms with Crippen LogP contribution >= 0.6 is 0 Å². The van der Waals surface area contributed by atoms with E-state index >= 15 is 0 Å². The molecule has 0 saturated heterocycles. The first kappa shape index (κ1) is 11.3. The van der Waals surface area contributed by atoms with E-state index in [1.54, 1.807) is 18.4 Å². The zero-order chi connectivity index (χ0) is 13.1. The molecule has 0 aliphatic heterocycles. The highest BCUT2D eigenvalue weighted by Crippen LogP contribution is 2.22. The molecule has 0 atom stereocenters. The van der Waals surface area contributed by atoms with Crippen LogP contribution in [0.1, 0.15) is 11.3 Å². The van der Waals surface area contributed by atoms with Crippen molar-refractivity contribution in [3.8, 4) is 6.07 Å². The molecule has 0 fully saturated rings. The summed E-state index contributed by atoms with van der Waals surface area (Å²) in [6.07, 6.45) is 3.35. The fourth-order valence-electron chi connectivity index (χ4n) is 2.05. The smallest absolute Gasteiger partial charge is 0.127 e. The van der Waals surface area contributed by atoms with Crippen molar-refractivity contribution in [2.75, 3.05) is 0 Å². The van der Waals surface area contributed by atoms with Crippen LogP contribution in [0.15, 0.2) is 65.3 Å². The molecule has 3 aromatic rings. The van der Waals surface area contributed by atoms with Crippen LogP contribution in [-0.4, -0.2) is 0 Å². The highest BCUT2D eigenvalue weighted by atomic mass is 16.3. The summed E-state index contributed by atoms with van der Waals surface area (Å²) in [6.45, 7) is 0. The SMILES string of the molecule is N#CC(=Cc1ccco1)c1ccc2ccccc2c1. The van der Waals surface area contributed by atoms with Crippen LogP contribution in [0.2, 0.25) is 0 Å². The molecule has 2 aromatic carbocycles. The van der Waals surface area contributed by atoms with Gasteiger partial charge < -0.3 is 4.42 Å². The summed E-state index contributed by atoms with van der Waals surface area (Å²) >= 11 is 0. The van der Waals surface area contributed by atoms with E-state index in [0.29, 0.717) is 11.3 Å². The molecule has 0 aliphatic carbocycles. The molecular formula is C17H11NO. The Hall–Kier alpha value is -2.79. The van der Waals surface area contributed by atoms with Gasteiger partial charge in [-0.15, -0.1) is 0 Å². The predicted molar refractivity (Wildman–Crippen MR) is 76.1 cm³/mol. The Kier molecular flexibility index (Phi) is 2.88. The lowest BCUT2D eigenvalue weighted by atomic mass is 10.0. The third-order valence-electron chi connectivity index (χ3n) is 3.01. The summed E-state index contributed by atoms with van der Waals surface area (Å²) in [5.74, 6) is 0.685. The van der Waals surface area contributed by atoms with Gasteiger partial charge in [-0.1, -0.05) is 36.4 Å².